The van der Waals surface area contributed by atoms with Crippen molar-refractivity contribution in [1.82, 2.24) is 0 Å². The Balaban J connectivity index is 2.20. The van der Waals surface area contributed by atoms with Gasteiger partial charge in [0.05, 0.1) is 11.3 Å². The molecule has 102 valence electrons. The van der Waals surface area contributed by atoms with Gasteiger partial charge in [-0.1, -0.05) is 12.1 Å². The van der Waals surface area contributed by atoms with Crippen LogP contribution in [0.4, 0.5) is 5.69 Å². The number of carbonyl (C=O) groups is 1. The average molecular weight is 270 g/mol. The minimum absolute atomic E-state index is 0.0727. The number of hydrogen-bond donors (Lipinski definition) is 1. The van der Waals surface area contributed by atoms with Gasteiger partial charge in [-0.2, -0.15) is 5.26 Å². The molecule has 1 heterocycles. The van der Waals surface area contributed by atoms with Gasteiger partial charge in [0, 0.05) is 0 Å². The number of amides is 1. The minimum Gasteiger partial charge on any atom is -0.477 e. The van der Waals surface area contributed by atoms with Gasteiger partial charge in [0.1, 0.15) is 23.3 Å². The Bertz CT molecular complexity index is 668. The maximum atomic E-state index is 12.2. The third-order valence-corrected chi connectivity index (χ3v) is 2.71. The number of rotatable bonds is 4. The highest BCUT2D eigenvalue weighted by atomic mass is 16.5. The molecule has 0 saturated heterocycles. The molecule has 0 aliphatic rings. The van der Waals surface area contributed by atoms with Gasteiger partial charge in [0.2, 0.25) is 0 Å². The number of nitrogens with one attached hydrogen (secondary N) is 1. The first-order chi connectivity index (χ1) is 9.61. The smallest absolute Gasteiger partial charge is 0.259 e. The van der Waals surface area contributed by atoms with Crippen LogP contribution in [0.1, 0.15) is 21.9 Å². The number of furan rings is 1. The number of anilines is 1. The summed E-state index contributed by atoms with van der Waals surface area (Å²) in [6, 6.07) is 10.5. The van der Waals surface area contributed by atoms with Crippen LogP contribution in [0.25, 0.3) is 0 Å². The van der Waals surface area contributed by atoms with Gasteiger partial charge in [-0.3, -0.25) is 4.79 Å². The van der Waals surface area contributed by atoms with E-state index in [1.54, 1.807) is 44.2 Å². The first kappa shape index (κ1) is 13.7. The van der Waals surface area contributed by atoms with Crippen molar-refractivity contribution >= 4 is 11.6 Å². The molecule has 0 aliphatic heterocycles. The molecular formula is C15H14N2O3. The highest BCUT2D eigenvalue weighted by Gasteiger charge is 2.15. The van der Waals surface area contributed by atoms with Crippen molar-refractivity contribution < 1.29 is 13.9 Å². The molecule has 0 unspecified atom stereocenters. The van der Waals surface area contributed by atoms with Crippen molar-refractivity contribution in [3.8, 4) is 11.8 Å². The third kappa shape index (κ3) is 2.98. The zero-order valence-corrected chi connectivity index (χ0v) is 11.3. The fourth-order valence-electron chi connectivity index (χ4n) is 1.85. The van der Waals surface area contributed by atoms with Gasteiger partial charge in [-0.15, -0.1) is 0 Å². The third-order valence-electron chi connectivity index (χ3n) is 2.71. The van der Waals surface area contributed by atoms with Crippen molar-refractivity contribution in [3.63, 3.8) is 0 Å². The predicted octanol–water partition coefficient (Wildman–Crippen LogP) is 3.05. The Labute approximate surface area is 116 Å². The van der Waals surface area contributed by atoms with Crippen LogP contribution in [0, 0.1) is 25.2 Å². The Morgan fingerprint density at radius 2 is 2.15 bits per heavy atom. The number of nitrogens with zero attached hydrogens (tertiary/aromatic N) is 1. The van der Waals surface area contributed by atoms with E-state index in [0.29, 0.717) is 28.5 Å². The van der Waals surface area contributed by atoms with Gasteiger partial charge in [-0.05, 0) is 32.0 Å². The summed E-state index contributed by atoms with van der Waals surface area (Å²) in [6.07, 6.45) is 0. The van der Waals surface area contributed by atoms with E-state index in [1.807, 2.05) is 6.07 Å². The first-order valence-electron chi connectivity index (χ1n) is 6.09. The van der Waals surface area contributed by atoms with Gasteiger partial charge in [-0.25, -0.2) is 0 Å². The predicted molar refractivity (Wildman–Crippen MR) is 73.7 cm³/mol. The normalized spacial score (nSPS) is 9.85. The van der Waals surface area contributed by atoms with Crippen LogP contribution in [0.5, 0.6) is 5.75 Å². The monoisotopic (exact) mass is 270 g/mol. The number of carbonyl (C=O) groups excluding carboxylic acids is 1. The van der Waals surface area contributed by atoms with E-state index in [9.17, 15) is 4.79 Å². The molecule has 2 rings (SSSR count). The molecule has 0 fully saturated rings. The van der Waals surface area contributed by atoms with Crippen molar-refractivity contribution in [2.24, 2.45) is 0 Å². The van der Waals surface area contributed by atoms with Gasteiger partial charge in [0.15, 0.2) is 6.61 Å². The number of ether oxygens (including phenoxy) is 1. The average Bonchev–Trinajstić information content (AvgIpc) is 2.77. The van der Waals surface area contributed by atoms with Crippen LogP contribution >= 0.6 is 0 Å². The Morgan fingerprint density at radius 3 is 2.80 bits per heavy atom. The van der Waals surface area contributed by atoms with Gasteiger partial charge < -0.3 is 14.5 Å². The molecule has 5 heteroatoms. The van der Waals surface area contributed by atoms with Crippen LogP contribution in [0.15, 0.2) is 34.7 Å². The lowest BCUT2D eigenvalue weighted by atomic mass is 10.2. The second-order valence-corrected chi connectivity index (χ2v) is 4.22. The number of nitriles is 1. The summed E-state index contributed by atoms with van der Waals surface area (Å²) in [5.41, 5.74) is 1.00. The van der Waals surface area contributed by atoms with Gasteiger partial charge in [0.25, 0.3) is 5.91 Å². The molecule has 1 aromatic heterocycles. The second kappa shape index (κ2) is 5.93. The summed E-state index contributed by atoms with van der Waals surface area (Å²) >= 11 is 0. The topological polar surface area (TPSA) is 75.3 Å². The van der Waals surface area contributed by atoms with Crippen molar-refractivity contribution in [2.75, 3.05) is 11.9 Å². The summed E-state index contributed by atoms with van der Waals surface area (Å²) < 4.78 is 10.6. The molecule has 1 amide bonds. The molecular weight excluding hydrogens is 256 g/mol. The highest BCUT2D eigenvalue weighted by molar-refractivity contribution is 6.05. The maximum absolute atomic E-state index is 12.2. The van der Waals surface area contributed by atoms with Crippen LogP contribution in [0.3, 0.4) is 0 Å². The fraction of sp³-hybridized carbons (Fsp3) is 0.200. The van der Waals surface area contributed by atoms with E-state index in [-0.39, 0.29) is 12.5 Å². The molecule has 2 aromatic rings. The number of para-hydroxylation sites is 2. The Morgan fingerprint density at radius 1 is 1.40 bits per heavy atom. The summed E-state index contributed by atoms with van der Waals surface area (Å²) in [6.45, 7) is 3.45. The van der Waals surface area contributed by atoms with E-state index in [4.69, 9.17) is 14.4 Å². The van der Waals surface area contributed by atoms with Crippen molar-refractivity contribution in [1.29, 1.82) is 5.26 Å². The van der Waals surface area contributed by atoms with Crippen LogP contribution in [-0.4, -0.2) is 12.5 Å². The van der Waals surface area contributed by atoms with E-state index in [2.05, 4.69) is 5.32 Å². The molecule has 0 bridgehead atoms. The maximum Gasteiger partial charge on any atom is 0.259 e. The minimum atomic E-state index is -0.271. The first-order valence-corrected chi connectivity index (χ1v) is 6.09. The highest BCUT2D eigenvalue weighted by Crippen LogP contribution is 2.25. The molecule has 0 atom stereocenters. The lowest BCUT2D eigenvalue weighted by Crippen LogP contribution is -2.13. The largest absolute Gasteiger partial charge is 0.477 e. The number of aryl methyl sites for hydroxylation is 2. The van der Waals surface area contributed by atoms with Gasteiger partial charge >= 0.3 is 0 Å². The summed E-state index contributed by atoms with van der Waals surface area (Å²) in [7, 11) is 0. The van der Waals surface area contributed by atoms with Crippen LogP contribution in [-0.2, 0) is 0 Å². The summed E-state index contributed by atoms with van der Waals surface area (Å²) in [4.78, 5) is 12.2. The van der Waals surface area contributed by atoms with Crippen molar-refractivity contribution in [3.05, 3.63) is 47.4 Å². The van der Waals surface area contributed by atoms with E-state index >= 15 is 0 Å². The van der Waals surface area contributed by atoms with Crippen molar-refractivity contribution in [2.45, 2.75) is 13.8 Å². The van der Waals surface area contributed by atoms with Crippen LogP contribution in [0.2, 0.25) is 0 Å². The molecule has 0 aliphatic carbocycles. The Hall–Kier alpha value is -2.74. The lowest BCUT2D eigenvalue weighted by Gasteiger charge is -2.10. The van der Waals surface area contributed by atoms with E-state index in [1.165, 1.54) is 0 Å². The molecule has 5 nitrogen and oxygen atoms in total. The molecule has 20 heavy (non-hydrogen) atoms. The zero-order chi connectivity index (χ0) is 14.5. The number of hydrogen-bond acceptors (Lipinski definition) is 4. The molecule has 0 radical (unpaired) electrons. The summed E-state index contributed by atoms with van der Waals surface area (Å²) in [5, 5.41) is 11.3. The quantitative estimate of drug-likeness (QED) is 0.926. The second-order valence-electron chi connectivity index (χ2n) is 4.22. The SMILES string of the molecule is Cc1cc(C(=O)Nc2ccccc2OCC#N)c(C)o1. The molecule has 0 saturated carbocycles. The number of benzene rings is 1. The Kier molecular flexibility index (Phi) is 4.06. The lowest BCUT2D eigenvalue weighted by molar-refractivity contribution is 0.102. The molecule has 1 N–H and O–H groups in total. The van der Waals surface area contributed by atoms with E-state index in [0.717, 1.165) is 0 Å². The zero-order valence-electron chi connectivity index (χ0n) is 11.3. The molecule has 1 aromatic carbocycles. The summed E-state index contributed by atoms with van der Waals surface area (Å²) in [5.74, 6) is 1.43. The standard InChI is InChI=1S/C15H14N2O3/c1-10-9-12(11(2)20-10)15(18)17-13-5-3-4-6-14(13)19-8-7-16/h3-6,9H,8H2,1-2H3,(H,17,18). The van der Waals surface area contributed by atoms with E-state index < -0.39 is 0 Å². The fourth-order valence-corrected chi connectivity index (χ4v) is 1.85. The molecule has 0 spiro atoms. The van der Waals surface area contributed by atoms with Crippen LogP contribution < -0.4 is 10.1 Å².